The first-order valence-electron chi connectivity index (χ1n) is 8.68. The molecule has 3 aromatic rings. The first kappa shape index (κ1) is 24.7. The largest absolute Gasteiger partial charge is 1.00 e. The summed E-state index contributed by atoms with van der Waals surface area (Å²) >= 11 is 0. The summed E-state index contributed by atoms with van der Waals surface area (Å²) < 4.78 is 27.2. The van der Waals surface area contributed by atoms with Crippen molar-refractivity contribution in [1.82, 2.24) is 0 Å². The summed E-state index contributed by atoms with van der Waals surface area (Å²) in [6.07, 6.45) is 0. The number of phosphoric acid groups is 1. The van der Waals surface area contributed by atoms with Crippen LogP contribution in [0.4, 0.5) is 0 Å². The number of ketones is 1. The zero-order valence-corrected chi connectivity index (χ0v) is 19.4. The summed E-state index contributed by atoms with van der Waals surface area (Å²) in [7, 11) is -4.80. The molecule has 8 nitrogen and oxygen atoms in total. The third kappa shape index (κ3) is 7.24. The number of carboxylic acid groups (broad SMARTS) is 1. The van der Waals surface area contributed by atoms with Crippen LogP contribution in [0.25, 0.3) is 0 Å². The number of para-hydroxylation sites is 1. The van der Waals surface area contributed by atoms with Gasteiger partial charge in [-0.2, -0.15) is 0 Å². The summed E-state index contributed by atoms with van der Waals surface area (Å²) in [6, 6.07) is 19.6. The van der Waals surface area contributed by atoms with Crippen LogP contribution in [0.1, 0.15) is 15.9 Å². The summed E-state index contributed by atoms with van der Waals surface area (Å²) in [4.78, 5) is 35.9. The molecule has 0 aliphatic carbocycles. The fourth-order valence-electron chi connectivity index (χ4n) is 2.51. The Balaban J connectivity index is 0.00000341. The normalized spacial score (nSPS) is 12.0. The second-order valence-electron chi connectivity index (χ2n) is 5.98. The number of carbonyl (C=O) groups excluding carboxylic acids is 1. The standard InChI is InChI=1S/C21H17O8P.Na/c22-20(23)14-27-19-12-11-17(13-18(19)21(24)15-7-3-1-4-8-15)29-30(25,26)28-16-9-5-2-6-10-16;/h1-13H,14H2,(H,22,23)(H,25,26);/q;+1/p-1. The van der Waals surface area contributed by atoms with Gasteiger partial charge in [0.05, 0.1) is 5.56 Å². The summed E-state index contributed by atoms with van der Waals surface area (Å²) in [5, 5.41) is 8.84. The number of carbonyl (C=O) groups is 2. The van der Waals surface area contributed by atoms with Crippen molar-refractivity contribution in [2.45, 2.75) is 0 Å². The zero-order valence-electron chi connectivity index (χ0n) is 16.5. The van der Waals surface area contributed by atoms with Gasteiger partial charge in [0.2, 0.25) is 0 Å². The molecule has 0 spiro atoms. The maximum absolute atomic E-state index is 12.9. The van der Waals surface area contributed by atoms with Crippen molar-refractivity contribution in [2.75, 3.05) is 6.61 Å². The molecule has 0 heterocycles. The molecule has 0 saturated carbocycles. The van der Waals surface area contributed by atoms with Crippen LogP contribution in [0, 0.1) is 0 Å². The number of benzene rings is 3. The van der Waals surface area contributed by atoms with Crippen LogP contribution in [0.15, 0.2) is 78.9 Å². The van der Waals surface area contributed by atoms with Gasteiger partial charge in [0, 0.05) is 5.56 Å². The Hall–Kier alpha value is -2.61. The van der Waals surface area contributed by atoms with Crippen LogP contribution in [0.2, 0.25) is 0 Å². The summed E-state index contributed by atoms with van der Waals surface area (Å²) in [5.74, 6) is -1.87. The first-order chi connectivity index (χ1) is 14.3. The van der Waals surface area contributed by atoms with Gasteiger partial charge in [0.1, 0.15) is 17.2 Å². The molecule has 31 heavy (non-hydrogen) atoms. The predicted octanol–water partition coefficient (Wildman–Crippen LogP) is 0.311. The molecule has 0 fully saturated rings. The Bertz CT molecular complexity index is 1090. The molecular formula is C21H16NaO8P. The molecule has 1 atom stereocenters. The minimum atomic E-state index is -4.80. The van der Waals surface area contributed by atoms with Gasteiger partial charge in [-0.3, -0.25) is 4.79 Å². The molecule has 0 aliphatic rings. The van der Waals surface area contributed by atoms with Gasteiger partial charge < -0.3 is 23.8 Å². The van der Waals surface area contributed by atoms with E-state index in [-0.39, 0.29) is 52.4 Å². The molecule has 0 amide bonds. The van der Waals surface area contributed by atoms with Crippen LogP contribution in [-0.2, 0) is 9.36 Å². The Kier molecular flexibility index (Phi) is 8.86. The topological polar surface area (TPSA) is 122 Å². The van der Waals surface area contributed by atoms with E-state index in [1.807, 2.05) is 0 Å². The third-order valence-corrected chi connectivity index (χ3v) is 4.63. The Morgan fingerprint density at radius 1 is 0.871 bits per heavy atom. The zero-order chi connectivity index (χ0) is 21.6. The van der Waals surface area contributed by atoms with Crippen molar-refractivity contribution >= 4 is 19.6 Å². The van der Waals surface area contributed by atoms with Gasteiger partial charge in [-0.15, -0.1) is 0 Å². The third-order valence-electron chi connectivity index (χ3n) is 3.76. The van der Waals surface area contributed by atoms with E-state index < -0.39 is 26.2 Å². The molecule has 154 valence electrons. The van der Waals surface area contributed by atoms with Crippen LogP contribution < -0.4 is 48.2 Å². The molecule has 0 aliphatic heterocycles. The minimum Gasteiger partial charge on any atom is -0.736 e. The smallest absolute Gasteiger partial charge is 0.736 e. The molecule has 3 aromatic carbocycles. The van der Waals surface area contributed by atoms with E-state index in [1.165, 1.54) is 24.3 Å². The van der Waals surface area contributed by atoms with Gasteiger partial charge in [0.25, 0.3) is 0 Å². The van der Waals surface area contributed by atoms with Gasteiger partial charge >= 0.3 is 43.3 Å². The van der Waals surface area contributed by atoms with Gasteiger partial charge in [0.15, 0.2) is 12.4 Å². The van der Waals surface area contributed by atoms with Crippen molar-refractivity contribution in [2.24, 2.45) is 0 Å². The molecule has 1 unspecified atom stereocenters. The first-order valence-corrected chi connectivity index (χ1v) is 10.1. The summed E-state index contributed by atoms with van der Waals surface area (Å²) in [6.45, 7) is -0.674. The molecule has 0 aromatic heterocycles. The second kappa shape index (κ2) is 11.1. The molecule has 3 rings (SSSR count). The van der Waals surface area contributed by atoms with Gasteiger partial charge in [-0.05, 0) is 30.3 Å². The maximum Gasteiger partial charge on any atom is 1.00 e. The van der Waals surface area contributed by atoms with Crippen LogP contribution in [0.5, 0.6) is 17.2 Å². The number of aliphatic carboxylic acids is 1. The molecule has 1 N–H and O–H groups in total. The van der Waals surface area contributed by atoms with Crippen LogP contribution in [0.3, 0.4) is 0 Å². The molecule has 0 radical (unpaired) electrons. The number of rotatable bonds is 9. The van der Waals surface area contributed by atoms with Crippen LogP contribution in [-0.4, -0.2) is 23.5 Å². The van der Waals surface area contributed by atoms with Crippen molar-refractivity contribution in [3.63, 3.8) is 0 Å². The van der Waals surface area contributed by atoms with E-state index in [9.17, 15) is 19.0 Å². The molecule has 10 heteroatoms. The molecule has 0 bridgehead atoms. The average molecular weight is 450 g/mol. The predicted molar refractivity (Wildman–Crippen MR) is 105 cm³/mol. The van der Waals surface area contributed by atoms with E-state index in [4.69, 9.17) is 18.9 Å². The molecule has 0 saturated heterocycles. The van der Waals surface area contributed by atoms with E-state index in [0.717, 1.165) is 6.07 Å². The second-order valence-corrected chi connectivity index (χ2v) is 7.24. The van der Waals surface area contributed by atoms with Crippen molar-refractivity contribution in [1.29, 1.82) is 0 Å². The molecular weight excluding hydrogens is 434 g/mol. The van der Waals surface area contributed by atoms with Gasteiger partial charge in [-0.1, -0.05) is 48.5 Å². The average Bonchev–Trinajstić information content (AvgIpc) is 2.73. The van der Waals surface area contributed by atoms with Crippen molar-refractivity contribution in [3.05, 3.63) is 90.0 Å². The Morgan fingerprint density at radius 2 is 1.45 bits per heavy atom. The van der Waals surface area contributed by atoms with Crippen molar-refractivity contribution in [3.8, 4) is 17.2 Å². The number of hydrogen-bond acceptors (Lipinski definition) is 7. The number of hydrogen-bond donors (Lipinski definition) is 1. The number of ether oxygens (including phenoxy) is 1. The quantitative estimate of drug-likeness (QED) is 0.281. The van der Waals surface area contributed by atoms with Crippen LogP contribution >= 0.6 is 7.82 Å². The number of carboxylic acids is 1. The fraction of sp³-hybridized carbons (Fsp3) is 0.0476. The Labute approximate surface area is 200 Å². The van der Waals surface area contributed by atoms with Gasteiger partial charge in [-0.25, -0.2) is 9.36 Å². The maximum atomic E-state index is 12.9. The monoisotopic (exact) mass is 450 g/mol. The minimum absolute atomic E-state index is 0. The fourth-order valence-corrected chi connectivity index (χ4v) is 3.30. The van der Waals surface area contributed by atoms with E-state index in [2.05, 4.69) is 0 Å². The van der Waals surface area contributed by atoms with Crippen molar-refractivity contribution < 1.29 is 67.5 Å². The van der Waals surface area contributed by atoms with E-state index in [1.54, 1.807) is 48.5 Å². The van der Waals surface area contributed by atoms with E-state index in [0.29, 0.717) is 5.56 Å². The summed E-state index contributed by atoms with van der Waals surface area (Å²) in [5.41, 5.74) is 0.250. The SMILES string of the molecule is O=C(O)COc1ccc(OP(=O)([O-])Oc2ccccc2)cc1C(=O)c1ccccc1.[Na+]. The Morgan fingerprint density at radius 3 is 2.06 bits per heavy atom. The number of phosphoric ester groups is 1. The van der Waals surface area contributed by atoms with E-state index >= 15 is 0 Å².